The van der Waals surface area contributed by atoms with Crippen molar-refractivity contribution in [3.63, 3.8) is 0 Å². The third kappa shape index (κ3) is 6.33. The second kappa shape index (κ2) is 11.3. The standard InChI is InChI=1S/C30H35ClN2O3/c1-5-35-28-14-9-22(19-23(28)21-36-27-12-10-24(11-13-27)30(2,3)4)29(34)33-17-15-32(16-18-33)26-8-6-7-25(31)20-26/h6-14,19-20H,5,15-18,21H2,1-4H3. The zero-order valence-electron chi connectivity index (χ0n) is 21.6. The Bertz CT molecular complexity index is 1180. The topological polar surface area (TPSA) is 42.0 Å². The van der Waals surface area contributed by atoms with Crippen LogP contribution in [0, 0.1) is 0 Å². The minimum absolute atomic E-state index is 0.0274. The highest BCUT2D eigenvalue weighted by Crippen LogP contribution is 2.27. The second-order valence-electron chi connectivity index (χ2n) is 10.1. The first kappa shape index (κ1) is 25.9. The van der Waals surface area contributed by atoms with E-state index in [2.05, 4.69) is 43.9 Å². The monoisotopic (exact) mass is 506 g/mol. The van der Waals surface area contributed by atoms with Crippen LogP contribution in [0.5, 0.6) is 11.5 Å². The Morgan fingerprint density at radius 1 is 0.917 bits per heavy atom. The largest absolute Gasteiger partial charge is 0.493 e. The lowest BCUT2D eigenvalue weighted by atomic mass is 9.87. The molecule has 5 nitrogen and oxygen atoms in total. The van der Waals surface area contributed by atoms with Gasteiger partial charge in [-0.25, -0.2) is 0 Å². The lowest BCUT2D eigenvalue weighted by Gasteiger charge is -2.36. The van der Waals surface area contributed by atoms with Gasteiger partial charge in [0, 0.05) is 48.0 Å². The van der Waals surface area contributed by atoms with Gasteiger partial charge >= 0.3 is 0 Å². The molecule has 190 valence electrons. The molecule has 0 N–H and O–H groups in total. The van der Waals surface area contributed by atoms with E-state index in [-0.39, 0.29) is 11.3 Å². The van der Waals surface area contributed by atoms with E-state index in [4.69, 9.17) is 21.1 Å². The summed E-state index contributed by atoms with van der Waals surface area (Å²) in [6.45, 7) is 12.3. The minimum atomic E-state index is 0.0274. The molecule has 0 saturated carbocycles. The van der Waals surface area contributed by atoms with Crippen LogP contribution in [0.2, 0.25) is 5.02 Å². The Hall–Kier alpha value is -3.18. The lowest BCUT2D eigenvalue weighted by Crippen LogP contribution is -2.48. The molecule has 3 aromatic rings. The summed E-state index contributed by atoms with van der Waals surface area (Å²) < 4.78 is 11.9. The smallest absolute Gasteiger partial charge is 0.253 e. The summed E-state index contributed by atoms with van der Waals surface area (Å²) in [7, 11) is 0. The van der Waals surface area contributed by atoms with Crippen molar-refractivity contribution in [2.24, 2.45) is 0 Å². The van der Waals surface area contributed by atoms with Crippen molar-refractivity contribution in [2.75, 3.05) is 37.7 Å². The first-order valence-corrected chi connectivity index (χ1v) is 12.9. The van der Waals surface area contributed by atoms with Crippen LogP contribution in [-0.4, -0.2) is 43.6 Å². The average molecular weight is 507 g/mol. The molecule has 1 heterocycles. The number of piperazine rings is 1. The van der Waals surface area contributed by atoms with Gasteiger partial charge < -0.3 is 19.3 Å². The quantitative estimate of drug-likeness (QED) is 0.363. The van der Waals surface area contributed by atoms with Gasteiger partial charge in [-0.05, 0) is 66.4 Å². The van der Waals surface area contributed by atoms with E-state index in [1.54, 1.807) is 0 Å². The van der Waals surface area contributed by atoms with Crippen LogP contribution in [0.3, 0.4) is 0 Å². The highest BCUT2D eigenvalue weighted by molar-refractivity contribution is 6.30. The summed E-state index contributed by atoms with van der Waals surface area (Å²) >= 11 is 6.15. The summed E-state index contributed by atoms with van der Waals surface area (Å²) in [4.78, 5) is 17.5. The molecule has 1 aliphatic rings. The molecule has 0 aliphatic carbocycles. The molecule has 0 unspecified atom stereocenters. The van der Waals surface area contributed by atoms with Crippen molar-refractivity contribution in [3.8, 4) is 11.5 Å². The van der Waals surface area contributed by atoms with Crippen molar-refractivity contribution in [3.05, 3.63) is 88.4 Å². The predicted molar refractivity (Wildman–Crippen MR) is 147 cm³/mol. The Kier molecular flexibility index (Phi) is 8.10. The van der Waals surface area contributed by atoms with E-state index in [0.717, 1.165) is 40.9 Å². The molecule has 0 radical (unpaired) electrons. The van der Waals surface area contributed by atoms with E-state index < -0.39 is 0 Å². The zero-order chi connectivity index (χ0) is 25.7. The van der Waals surface area contributed by atoms with Crippen molar-refractivity contribution in [2.45, 2.75) is 39.7 Å². The fraction of sp³-hybridized carbons (Fsp3) is 0.367. The number of anilines is 1. The summed E-state index contributed by atoms with van der Waals surface area (Å²) in [5.41, 5.74) is 3.95. The molecule has 0 spiro atoms. The molecule has 1 fully saturated rings. The molecule has 3 aromatic carbocycles. The van der Waals surface area contributed by atoms with Crippen LogP contribution in [-0.2, 0) is 12.0 Å². The van der Waals surface area contributed by atoms with E-state index >= 15 is 0 Å². The molecule has 1 saturated heterocycles. The second-order valence-corrected chi connectivity index (χ2v) is 10.5. The molecule has 0 bridgehead atoms. The van der Waals surface area contributed by atoms with Crippen LogP contribution in [0.4, 0.5) is 5.69 Å². The van der Waals surface area contributed by atoms with E-state index in [0.29, 0.717) is 31.9 Å². The molecule has 1 aliphatic heterocycles. The summed E-state index contributed by atoms with van der Waals surface area (Å²) in [6, 6.07) is 21.7. The Morgan fingerprint density at radius 2 is 1.64 bits per heavy atom. The maximum atomic E-state index is 13.3. The Balaban J connectivity index is 1.43. The SMILES string of the molecule is CCOc1ccc(C(=O)N2CCN(c3cccc(Cl)c3)CC2)cc1COc1ccc(C(C)(C)C)cc1. The third-order valence-corrected chi connectivity index (χ3v) is 6.70. The summed E-state index contributed by atoms with van der Waals surface area (Å²) in [6.07, 6.45) is 0. The maximum Gasteiger partial charge on any atom is 0.253 e. The fourth-order valence-electron chi connectivity index (χ4n) is 4.36. The third-order valence-electron chi connectivity index (χ3n) is 6.46. The van der Waals surface area contributed by atoms with Gasteiger partial charge in [0.25, 0.3) is 5.91 Å². The number of halogens is 1. The predicted octanol–water partition coefficient (Wildman–Crippen LogP) is 6.58. The maximum absolute atomic E-state index is 13.3. The normalized spacial score (nSPS) is 14.0. The summed E-state index contributed by atoms with van der Waals surface area (Å²) in [5, 5.41) is 0.722. The number of amides is 1. The van der Waals surface area contributed by atoms with Gasteiger partial charge in [-0.1, -0.05) is 50.6 Å². The fourth-order valence-corrected chi connectivity index (χ4v) is 4.54. The molecule has 6 heteroatoms. The van der Waals surface area contributed by atoms with E-state index in [9.17, 15) is 4.79 Å². The van der Waals surface area contributed by atoms with Gasteiger partial charge in [0.05, 0.1) is 6.61 Å². The molecular formula is C30H35ClN2O3. The number of hydrogen-bond donors (Lipinski definition) is 0. The van der Waals surface area contributed by atoms with Gasteiger partial charge in [0.15, 0.2) is 0 Å². The van der Waals surface area contributed by atoms with Crippen LogP contribution in [0.25, 0.3) is 0 Å². The van der Waals surface area contributed by atoms with Crippen LogP contribution in [0.1, 0.15) is 49.2 Å². The molecule has 36 heavy (non-hydrogen) atoms. The molecule has 4 rings (SSSR count). The summed E-state index contributed by atoms with van der Waals surface area (Å²) in [5.74, 6) is 1.56. The van der Waals surface area contributed by atoms with Crippen molar-refractivity contribution < 1.29 is 14.3 Å². The lowest BCUT2D eigenvalue weighted by molar-refractivity contribution is 0.0746. The van der Waals surface area contributed by atoms with Crippen molar-refractivity contribution >= 4 is 23.2 Å². The number of benzene rings is 3. The molecule has 1 amide bonds. The first-order valence-electron chi connectivity index (χ1n) is 12.5. The number of carbonyl (C=O) groups excluding carboxylic acids is 1. The Morgan fingerprint density at radius 3 is 2.28 bits per heavy atom. The number of hydrogen-bond acceptors (Lipinski definition) is 4. The van der Waals surface area contributed by atoms with Crippen molar-refractivity contribution in [1.82, 2.24) is 4.90 Å². The number of rotatable bonds is 7. The zero-order valence-corrected chi connectivity index (χ0v) is 22.3. The number of carbonyl (C=O) groups is 1. The van der Waals surface area contributed by atoms with Gasteiger partial charge in [-0.15, -0.1) is 0 Å². The van der Waals surface area contributed by atoms with E-state index in [1.807, 2.05) is 60.4 Å². The highest BCUT2D eigenvalue weighted by Gasteiger charge is 2.23. The van der Waals surface area contributed by atoms with Gasteiger partial charge in [-0.2, -0.15) is 0 Å². The van der Waals surface area contributed by atoms with Gasteiger partial charge in [0.2, 0.25) is 0 Å². The molecular weight excluding hydrogens is 472 g/mol. The average Bonchev–Trinajstić information content (AvgIpc) is 2.87. The van der Waals surface area contributed by atoms with Crippen LogP contribution < -0.4 is 14.4 Å². The molecule has 0 aromatic heterocycles. The van der Waals surface area contributed by atoms with Crippen LogP contribution >= 0.6 is 11.6 Å². The van der Waals surface area contributed by atoms with Gasteiger partial charge in [-0.3, -0.25) is 4.79 Å². The number of ether oxygens (including phenoxy) is 2. The highest BCUT2D eigenvalue weighted by atomic mass is 35.5. The van der Waals surface area contributed by atoms with Crippen LogP contribution in [0.15, 0.2) is 66.7 Å². The number of nitrogens with zero attached hydrogens (tertiary/aromatic N) is 2. The van der Waals surface area contributed by atoms with E-state index in [1.165, 1.54) is 5.56 Å². The minimum Gasteiger partial charge on any atom is -0.493 e. The van der Waals surface area contributed by atoms with Gasteiger partial charge in [0.1, 0.15) is 18.1 Å². The Labute approximate surface area is 219 Å². The first-order chi connectivity index (χ1) is 17.2. The van der Waals surface area contributed by atoms with Crippen molar-refractivity contribution in [1.29, 1.82) is 0 Å². The molecule has 0 atom stereocenters.